The minimum atomic E-state index is -0.891. The molecular formula is C20H30O3S. The largest absolute Gasteiger partial charge is 0.478 e. The molecular weight excluding hydrogens is 320 g/mol. The van der Waals surface area contributed by atoms with E-state index in [0.29, 0.717) is 24.2 Å². The summed E-state index contributed by atoms with van der Waals surface area (Å²) in [6.45, 7) is 0. The van der Waals surface area contributed by atoms with Crippen LogP contribution in [0.1, 0.15) is 44.9 Å². The van der Waals surface area contributed by atoms with Crippen molar-refractivity contribution in [3.8, 4) is 0 Å². The average molecular weight is 351 g/mol. The lowest BCUT2D eigenvalue weighted by atomic mass is 9.84. The third-order valence-corrected chi connectivity index (χ3v) is 6.36. The highest BCUT2D eigenvalue weighted by atomic mass is 32.2. The molecule has 0 radical (unpaired) electrons. The average Bonchev–Trinajstić information content (AvgIpc) is 3.03. The van der Waals surface area contributed by atoms with Crippen molar-refractivity contribution in [2.24, 2.45) is 17.8 Å². The fourth-order valence-electron chi connectivity index (χ4n) is 3.57. The number of carboxylic acid groups (broad SMARTS) is 1. The predicted octanol–water partition coefficient (Wildman–Crippen LogP) is 4.44. The lowest BCUT2D eigenvalue weighted by Gasteiger charge is -2.25. The number of rotatable bonds is 8. The smallest absolute Gasteiger partial charge is 0.327 e. The van der Waals surface area contributed by atoms with Crippen molar-refractivity contribution in [1.82, 2.24) is 0 Å². The molecule has 24 heavy (non-hydrogen) atoms. The molecule has 2 N–H and O–H groups in total. The van der Waals surface area contributed by atoms with E-state index in [0.717, 1.165) is 12.2 Å². The summed E-state index contributed by atoms with van der Waals surface area (Å²) in [6.07, 6.45) is 19.0. The summed E-state index contributed by atoms with van der Waals surface area (Å²) in [6, 6.07) is 0. The van der Waals surface area contributed by atoms with E-state index in [1.807, 2.05) is 17.8 Å². The van der Waals surface area contributed by atoms with Gasteiger partial charge >= 0.3 is 5.97 Å². The molecule has 1 aliphatic heterocycles. The van der Waals surface area contributed by atoms with Crippen LogP contribution in [0.2, 0.25) is 0 Å². The summed E-state index contributed by atoms with van der Waals surface area (Å²) in [5.41, 5.74) is 0. The Morgan fingerprint density at radius 2 is 1.92 bits per heavy atom. The first-order valence-electron chi connectivity index (χ1n) is 9.15. The molecule has 0 aromatic carbocycles. The van der Waals surface area contributed by atoms with Gasteiger partial charge in [0.1, 0.15) is 0 Å². The van der Waals surface area contributed by atoms with Crippen LogP contribution in [0.15, 0.2) is 36.5 Å². The molecule has 1 saturated carbocycles. The molecule has 0 spiro atoms. The monoisotopic (exact) mass is 350 g/mol. The van der Waals surface area contributed by atoms with Crippen molar-refractivity contribution < 1.29 is 15.0 Å². The number of allylic oxidation sites excluding steroid dienone is 4. The minimum Gasteiger partial charge on any atom is -0.478 e. The molecule has 134 valence electrons. The van der Waals surface area contributed by atoms with E-state index in [-0.39, 0.29) is 6.10 Å². The van der Waals surface area contributed by atoms with Gasteiger partial charge in [-0.25, -0.2) is 4.79 Å². The highest BCUT2D eigenvalue weighted by Crippen LogP contribution is 2.34. The molecule has 0 amide bonds. The molecule has 0 bridgehead atoms. The Morgan fingerprint density at radius 3 is 2.67 bits per heavy atom. The lowest BCUT2D eigenvalue weighted by molar-refractivity contribution is -0.131. The molecule has 1 saturated heterocycles. The topological polar surface area (TPSA) is 57.5 Å². The number of hydrogen-bond donors (Lipinski definition) is 2. The molecule has 0 aromatic rings. The quantitative estimate of drug-likeness (QED) is 0.502. The zero-order valence-electron chi connectivity index (χ0n) is 14.3. The van der Waals surface area contributed by atoms with E-state index < -0.39 is 5.97 Å². The maximum Gasteiger partial charge on any atom is 0.327 e. The zero-order chi connectivity index (χ0) is 17.2. The van der Waals surface area contributed by atoms with Crippen molar-refractivity contribution >= 4 is 17.7 Å². The van der Waals surface area contributed by atoms with Gasteiger partial charge in [-0.2, -0.15) is 11.8 Å². The molecule has 0 aromatic heterocycles. The van der Waals surface area contributed by atoms with Crippen LogP contribution in [0.3, 0.4) is 0 Å². The van der Waals surface area contributed by atoms with Gasteiger partial charge in [0.05, 0.1) is 6.10 Å². The first-order chi connectivity index (χ1) is 11.7. The van der Waals surface area contributed by atoms with Gasteiger partial charge in [0.15, 0.2) is 0 Å². The Hall–Kier alpha value is -1.00. The molecule has 2 fully saturated rings. The number of aliphatic carboxylic acids is 1. The summed E-state index contributed by atoms with van der Waals surface area (Å²) in [5, 5.41) is 18.9. The fourth-order valence-corrected chi connectivity index (χ4v) is 5.05. The first-order valence-corrected chi connectivity index (χ1v) is 10.3. The predicted molar refractivity (Wildman–Crippen MR) is 101 cm³/mol. The van der Waals surface area contributed by atoms with Crippen LogP contribution in [0.4, 0.5) is 0 Å². The third-order valence-electron chi connectivity index (χ3n) is 5.07. The van der Waals surface area contributed by atoms with Crippen molar-refractivity contribution in [2.45, 2.75) is 51.0 Å². The Bertz CT molecular complexity index is 464. The summed E-state index contributed by atoms with van der Waals surface area (Å²) in [4.78, 5) is 10.4. The molecule has 1 heterocycles. The number of aliphatic hydroxyl groups is 1. The second-order valence-corrected chi connectivity index (χ2v) is 7.99. The van der Waals surface area contributed by atoms with E-state index in [1.165, 1.54) is 43.9 Å². The number of carboxylic acids is 1. The molecule has 1 unspecified atom stereocenters. The van der Waals surface area contributed by atoms with Crippen molar-refractivity contribution in [1.29, 1.82) is 0 Å². The van der Waals surface area contributed by atoms with Crippen LogP contribution in [0.5, 0.6) is 0 Å². The number of carbonyl (C=O) groups is 1. The SMILES string of the molecule is O=C(O)C=CCC=CC[C@@H]1CSC[C@@H]1C=CC(O)C1CCCCC1. The molecule has 1 aliphatic carbocycles. The van der Waals surface area contributed by atoms with Crippen LogP contribution < -0.4 is 0 Å². The summed E-state index contributed by atoms with van der Waals surface area (Å²) in [5.74, 6) is 3.06. The van der Waals surface area contributed by atoms with Gasteiger partial charge in [-0.1, -0.05) is 49.6 Å². The van der Waals surface area contributed by atoms with Crippen LogP contribution >= 0.6 is 11.8 Å². The summed E-state index contributed by atoms with van der Waals surface area (Å²) < 4.78 is 0. The first kappa shape index (κ1) is 19.3. The molecule has 2 aliphatic rings. The van der Waals surface area contributed by atoms with E-state index in [2.05, 4.69) is 18.2 Å². The second kappa shape index (κ2) is 10.8. The summed E-state index contributed by atoms with van der Waals surface area (Å²) >= 11 is 1.99. The maximum atomic E-state index is 10.4. The zero-order valence-corrected chi connectivity index (χ0v) is 15.2. The van der Waals surface area contributed by atoms with Gasteiger partial charge in [0.2, 0.25) is 0 Å². The van der Waals surface area contributed by atoms with Crippen molar-refractivity contribution in [3.05, 3.63) is 36.5 Å². The Morgan fingerprint density at radius 1 is 1.12 bits per heavy atom. The van der Waals surface area contributed by atoms with E-state index >= 15 is 0 Å². The summed E-state index contributed by atoms with van der Waals surface area (Å²) in [7, 11) is 0. The Kier molecular flexibility index (Phi) is 8.68. The number of aliphatic hydroxyl groups excluding tert-OH is 1. The lowest BCUT2D eigenvalue weighted by Crippen LogP contribution is -2.21. The van der Waals surface area contributed by atoms with Gasteiger partial charge in [-0.05, 0) is 54.9 Å². The van der Waals surface area contributed by atoms with Gasteiger partial charge < -0.3 is 10.2 Å². The van der Waals surface area contributed by atoms with Crippen LogP contribution in [-0.4, -0.2) is 33.8 Å². The van der Waals surface area contributed by atoms with Gasteiger partial charge in [-0.15, -0.1) is 0 Å². The fraction of sp³-hybridized carbons (Fsp3) is 0.650. The normalized spacial score (nSPS) is 27.5. The van der Waals surface area contributed by atoms with Crippen molar-refractivity contribution in [3.63, 3.8) is 0 Å². The van der Waals surface area contributed by atoms with Gasteiger partial charge in [-0.3, -0.25) is 0 Å². The Balaban J connectivity index is 1.74. The van der Waals surface area contributed by atoms with E-state index in [9.17, 15) is 9.90 Å². The standard InChI is InChI=1S/C20H30O3S/c21-19(16-8-5-3-6-9-16)13-12-18-15-24-14-17(18)10-4-1-2-7-11-20(22)23/h1,4,7,11-13,16-19,21H,2-3,5-6,8-10,14-15H2,(H,22,23)/t17-,18+,19?/m1/s1. The number of thioether (sulfide) groups is 1. The van der Waals surface area contributed by atoms with Crippen molar-refractivity contribution in [2.75, 3.05) is 11.5 Å². The minimum absolute atomic E-state index is 0.270. The highest BCUT2D eigenvalue weighted by molar-refractivity contribution is 7.99. The molecule has 3 atom stereocenters. The van der Waals surface area contributed by atoms with E-state index in [1.54, 1.807) is 6.08 Å². The molecule has 4 heteroatoms. The van der Waals surface area contributed by atoms with Crippen LogP contribution in [0.25, 0.3) is 0 Å². The van der Waals surface area contributed by atoms with Gasteiger partial charge in [0, 0.05) is 6.08 Å². The van der Waals surface area contributed by atoms with E-state index in [4.69, 9.17) is 5.11 Å². The second-order valence-electron chi connectivity index (χ2n) is 6.92. The number of hydrogen-bond acceptors (Lipinski definition) is 3. The molecule has 2 rings (SSSR count). The molecule has 3 nitrogen and oxygen atoms in total. The van der Waals surface area contributed by atoms with Crippen LogP contribution in [0, 0.1) is 17.8 Å². The highest BCUT2D eigenvalue weighted by Gasteiger charge is 2.25. The maximum absolute atomic E-state index is 10.4. The van der Waals surface area contributed by atoms with Gasteiger partial charge in [0.25, 0.3) is 0 Å². The van der Waals surface area contributed by atoms with Crippen LogP contribution in [-0.2, 0) is 4.79 Å². The Labute approximate surface area is 149 Å². The third kappa shape index (κ3) is 6.86.